The summed E-state index contributed by atoms with van der Waals surface area (Å²) in [6.07, 6.45) is 10.4. The fourth-order valence-corrected chi connectivity index (χ4v) is 2.40. The third-order valence-electron chi connectivity index (χ3n) is 3.68. The molecular weight excluding hydrogens is 294 g/mol. The third-order valence-corrected chi connectivity index (χ3v) is 3.68. The second kappa shape index (κ2) is 13.1. The van der Waals surface area contributed by atoms with E-state index in [1.54, 1.807) is 0 Å². The molecule has 0 unspecified atom stereocenters. The molecule has 1 aromatic rings. The van der Waals surface area contributed by atoms with Crippen molar-refractivity contribution in [3.05, 3.63) is 23.7 Å². The molecule has 0 aliphatic carbocycles. The highest BCUT2D eigenvalue weighted by molar-refractivity contribution is 5.68. The molecule has 0 saturated heterocycles. The maximum atomic E-state index is 10.4. The molecule has 5 heteroatoms. The van der Waals surface area contributed by atoms with Gasteiger partial charge in [0.15, 0.2) is 0 Å². The summed E-state index contributed by atoms with van der Waals surface area (Å²) in [7, 11) is 0. The first-order valence-corrected chi connectivity index (χ1v) is 8.80. The quantitative estimate of drug-likeness (QED) is 0.475. The number of carbonyl (C=O) groups is 1. The van der Waals surface area contributed by atoms with E-state index >= 15 is 0 Å². The molecule has 0 radical (unpaired) electrons. The summed E-state index contributed by atoms with van der Waals surface area (Å²) in [4.78, 5) is 10.4. The number of ether oxygens (including phenoxy) is 1. The SMILES string of the molecule is CCCCCCCCCCOCc1ccc(CNCC(=O)O)o1. The third kappa shape index (κ3) is 10.9. The summed E-state index contributed by atoms with van der Waals surface area (Å²) in [6, 6.07) is 3.73. The van der Waals surface area contributed by atoms with Crippen molar-refractivity contribution in [1.82, 2.24) is 5.32 Å². The molecule has 1 rings (SSSR count). The lowest BCUT2D eigenvalue weighted by Crippen LogP contribution is -2.21. The molecule has 0 atom stereocenters. The Morgan fingerprint density at radius 1 is 1.09 bits per heavy atom. The smallest absolute Gasteiger partial charge is 0.317 e. The molecule has 1 aromatic heterocycles. The molecule has 0 aliphatic heterocycles. The summed E-state index contributed by atoms with van der Waals surface area (Å²) >= 11 is 0. The number of hydrogen-bond donors (Lipinski definition) is 2. The molecule has 0 fully saturated rings. The Morgan fingerprint density at radius 3 is 2.43 bits per heavy atom. The summed E-state index contributed by atoms with van der Waals surface area (Å²) in [5.74, 6) is 0.652. The minimum Gasteiger partial charge on any atom is -0.480 e. The van der Waals surface area contributed by atoms with Crippen LogP contribution in [0.5, 0.6) is 0 Å². The van der Waals surface area contributed by atoms with E-state index in [2.05, 4.69) is 12.2 Å². The van der Waals surface area contributed by atoms with E-state index in [1.165, 1.54) is 44.9 Å². The van der Waals surface area contributed by atoms with Crippen molar-refractivity contribution in [3.8, 4) is 0 Å². The lowest BCUT2D eigenvalue weighted by molar-refractivity contribution is -0.136. The molecule has 2 N–H and O–H groups in total. The maximum Gasteiger partial charge on any atom is 0.317 e. The fraction of sp³-hybridized carbons (Fsp3) is 0.722. The zero-order chi connectivity index (χ0) is 16.8. The molecule has 1 heterocycles. The van der Waals surface area contributed by atoms with Gasteiger partial charge >= 0.3 is 5.97 Å². The average Bonchev–Trinajstić information content (AvgIpc) is 2.96. The first-order valence-electron chi connectivity index (χ1n) is 8.80. The van der Waals surface area contributed by atoms with E-state index in [1.807, 2.05) is 12.1 Å². The highest BCUT2D eigenvalue weighted by Gasteiger charge is 2.03. The number of nitrogens with one attached hydrogen (secondary N) is 1. The number of unbranched alkanes of at least 4 members (excludes halogenated alkanes) is 7. The standard InChI is InChI=1S/C18H31NO4/c1-2-3-4-5-6-7-8-9-12-22-15-17-11-10-16(23-17)13-19-14-18(20)21/h10-11,19H,2-9,12-15H2,1H3,(H,20,21). The Kier molecular flexibility index (Phi) is 11.3. The number of aliphatic carboxylic acids is 1. The van der Waals surface area contributed by atoms with Gasteiger partial charge in [0, 0.05) is 6.61 Å². The van der Waals surface area contributed by atoms with Gasteiger partial charge in [-0.3, -0.25) is 10.1 Å². The Balaban J connectivity index is 1.95. The monoisotopic (exact) mass is 325 g/mol. The number of carboxylic acid groups (broad SMARTS) is 1. The number of hydrogen-bond acceptors (Lipinski definition) is 4. The zero-order valence-electron chi connectivity index (χ0n) is 14.3. The molecule has 5 nitrogen and oxygen atoms in total. The topological polar surface area (TPSA) is 71.7 Å². The molecular formula is C18H31NO4. The van der Waals surface area contributed by atoms with Crippen LogP contribution in [-0.4, -0.2) is 24.2 Å². The van der Waals surface area contributed by atoms with Gasteiger partial charge in [-0.15, -0.1) is 0 Å². The maximum absolute atomic E-state index is 10.4. The average molecular weight is 325 g/mol. The van der Waals surface area contributed by atoms with Crippen molar-refractivity contribution in [3.63, 3.8) is 0 Å². The molecule has 0 bridgehead atoms. The summed E-state index contributed by atoms with van der Waals surface area (Å²) in [5, 5.41) is 11.3. The molecule has 0 aliphatic rings. The minimum absolute atomic E-state index is 0.0645. The van der Waals surface area contributed by atoms with Crippen molar-refractivity contribution in [2.45, 2.75) is 71.4 Å². The summed E-state index contributed by atoms with van der Waals surface area (Å²) in [6.45, 7) is 3.85. The van der Waals surface area contributed by atoms with Gasteiger partial charge in [-0.1, -0.05) is 51.9 Å². The van der Waals surface area contributed by atoms with Crippen LogP contribution in [0.1, 0.15) is 69.8 Å². The summed E-state index contributed by atoms with van der Waals surface area (Å²) in [5.41, 5.74) is 0. The Hall–Kier alpha value is -1.33. The van der Waals surface area contributed by atoms with Crippen molar-refractivity contribution < 1.29 is 19.1 Å². The molecule has 132 valence electrons. The van der Waals surface area contributed by atoms with Gasteiger partial charge in [-0.05, 0) is 18.6 Å². The van der Waals surface area contributed by atoms with E-state index in [4.69, 9.17) is 14.3 Å². The van der Waals surface area contributed by atoms with Crippen LogP contribution < -0.4 is 5.32 Å². The van der Waals surface area contributed by atoms with Gasteiger partial charge in [0.05, 0.1) is 13.1 Å². The van der Waals surface area contributed by atoms with Crippen molar-refractivity contribution in [2.24, 2.45) is 0 Å². The van der Waals surface area contributed by atoms with Gasteiger partial charge in [-0.25, -0.2) is 0 Å². The van der Waals surface area contributed by atoms with Crippen molar-refractivity contribution >= 4 is 5.97 Å². The van der Waals surface area contributed by atoms with Crippen LogP contribution in [0.4, 0.5) is 0 Å². The van der Waals surface area contributed by atoms with Crippen molar-refractivity contribution in [1.29, 1.82) is 0 Å². The van der Waals surface area contributed by atoms with Crippen LogP contribution in [0, 0.1) is 0 Å². The van der Waals surface area contributed by atoms with Crippen LogP contribution in [0.3, 0.4) is 0 Å². The highest BCUT2D eigenvalue weighted by Crippen LogP contribution is 2.11. The Morgan fingerprint density at radius 2 is 1.74 bits per heavy atom. The van der Waals surface area contributed by atoms with Crippen molar-refractivity contribution in [2.75, 3.05) is 13.2 Å². The van der Waals surface area contributed by atoms with Gasteiger partial charge in [-0.2, -0.15) is 0 Å². The fourth-order valence-electron chi connectivity index (χ4n) is 2.40. The molecule has 0 spiro atoms. The van der Waals surface area contributed by atoms with E-state index in [0.29, 0.717) is 13.2 Å². The number of carboxylic acids is 1. The van der Waals surface area contributed by atoms with Crippen LogP contribution in [-0.2, 0) is 22.7 Å². The molecule has 23 heavy (non-hydrogen) atoms. The van der Waals surface area contributed by atoms with Crippen LogP contribution in [0.2, 0.25) is 0 Å². The number of furan rings is 1. The highest BCUT2D eigenvalue weighted by atomic mass is 16.5. The second-order valence-electron chi connectivity index (χ2n) is 5.89. The Labute approximate surface area is 139 Å². The van der Waals surface area contributed by atoms with Crippen LogP contribution in [0.25, 0.3) is 0 Å². The lowest BCUT2D eigenvalue weighted by atomic mass is 10.1. The van der Waals surface area contributed by atoms with E-state index in [-0.39, 0.29) is 6.54 Å². The lowest BCUT2D eigenvalue weighted by Gasteiger charge is -2.03. The zero-order valence-corrected chi connectivity index (χ0v) is 14.3. The summed E-state index contributed by atoms with van der Waals surface area (Å²) < 4.78 is 11.2. The van der Waals surface area contributed by atoms with Gasteiger partial charge in [0.25, 0.3) is 0 Å². The Bertz CT molecular complexity index is 417. The first kappa shape index (κ1) is 19.7. The van der Waals surface area contributed by atoms with Gasteiger partial charge in [0.1, 0.15) is 18.1 Å². The van der Waals surface area contributed by atoms with Gasteiger partial charge < -0.3 is 14.3 Å². The predicted octanol–water partition coefficient (Wildman–Crippen LogP) is 4.11. The normalized spacial score (nSPS) is 11.0. The van der Waals surface area contributed by atoms with E-state index < -0.39 is 5.97 Å². The van der Waals surface area contributed by atoms with Crippen LogP contribution in [0.15, 0.2) is 16.5 Å². The molecule has 0 aromatic carbocycles. The number of rotatable bonds is 15. The van der Waals surface area contributed by atoms with Gasteiger partial charge in [0.2, 0.25) is 0 Å². The largest absolute Gasteiger partial charge is 0.480 e. The van der Waals surface area contributed by atoms with E-state index in [9.17, 15) is 4.79 Å². The second-order valence-corrected chi connectivity index (χ2v) is 5.89. The van der Waals surface area contributed by atoms with E-state index in [0.717, 1.165) is 24.5 Å². The molecule has 0 amide bonds. The molecule has 0 saturated carbocycles. The van der Waals surface area contributed by atoms with Crippen LogP contribution >= 0.6 is 0 Å². The first-order chi connectivity index (χ1) is 11.2. The minimum atomic E-state index is -0.870. The predicted molar refractivity (Wildman–Crippen MR) is 90.3 cm³/mol.